The average Bonchev–Trinajstić information content (AvgIpc) is 3.37. The molecule has 3 nitrogen and oxygen atoms in total. The quantitative estimate of drug-likeness (QED) is 0.852. The van der Waals surface area contributed by atoms with Gasteiger partial charge in [0, 0.05) is 18.3 Å². The standard InChI is InChI=1S/C17H18F2N2O/c1-22-14-4-5-15(11-2-3-11)13(8-14)10-21-16-9-12(17(18)19)6-7-20-16/h4-9,11,17H,2-3,10H2,1H3,(H,20,21). The number of nitrogens with zero attached hydrogens (tertiary/aromatic N) is 1. The first-order valence-corrected chi connectivity index (χ1v) is 7.32. The first kappa shape index (κ1) is 14.8. The van der Waals surface area contributed by atoms with E-state index in [1.54, 1.807) is 7.11 Å². The highest BCUT2D eigenvalue weighted by Crippen LogP contribution is 2.42. The topological polar surface area (TPSA) is 34.1 Å². The van der Waals surface area contributed by atoms with Gasteiger partial charge in [0.25, 0.3) is 6.43 Å². The zero-order valence-corrected chi connectivity index (χ0v) is 12.4. The number of anilines is 1. The van der Waals surface area contributed by atoms with E-state index in [4.69, 9.17) is 4.74 Å². The van der Waals surface area contributed by atoms with E-state index in [0.29, 0.717) is 18.3 Å². The summed E-state index contributed by atoms with van der Waals surface area (Å²) in [7, 11) is 1.64. The Hall–Kier alpha value is -2.17. The third-order valence-corrected chi connectivity index (χ3v) is 3.86. The van der Waals surface area contributed by atoms with Crippen molar-refractivity contribution in [1.29, 1.82) is 0 Å². The summed E-state index contributed by atoms with van der Waals surface area (Å²) in [6.45, 7) is 0.544. The second kappa shape index (κ2) is 6.30. The van der Waals surface area contributed by atoms with E-state index in [-0.39, 0.29) is 5.56 Å². The summed E-state index contributed by atoms with van der Waals surface area (Å²) in [5.41, 5.74) is 2.41. The molecule has 0 saturated heterocycles. The average molecular weight is 304 g/mol. The van der Waals surface area contributed by atoms with Crippen LogP contribution in [0.4, 0.5) is 14.6 Å². The highest BCUT2D eigenvalue weighted by molar-refractivity contribution is 5.44. The van der Waals surface area contributed by atoms with Crippen molar-refractivity contribution in [1.82, 2.24) is 4.98 Å². The second-order valence-corrected chi connectivity index (χ2v) is 5.47. The molecule has 1 N–H and O–H groups in total. The molecule has 2 aromatic rings. The van der Waals surface area contributed by atoms with Crippen LogP contribution >= 0.6 is 0 Å². The molecule has 1 saturated carbocycles. The number of ether oxygens (including phenoxy) is 1. The molecule has 0 spiro atoms. The highest BCUT2D eigenvalue weighted by Gasteiger charge is 2.26. The fraction of sp³-hybridized carbons (Fsp3) is 0.353. The molecule has 116 valence electrons. The Labute approximate surface area is 128 Å². The zero-order chi connectivity index (χ0) is 15.5. The summed E-state index contributed by atoms with van der Waals surface area (Å²) in [4.78, 5) is 4.09. The van der Waals surface area contributed by atoms with Gasteiger partial charge >= 0.3 is 0 Å². The first-order chi connectivity index (χ1) is 10.7. The summed E-state index contributed by atoms with van der Waals surface area (Å²) in [6, 6.07) is 8.78. The van der Waals surface area contributed by atoms with Gasteiger partial charge in [-0.1, -0.05) is 6.07 Å². The summed E-state index contributed by atoms with van der Waals surface area (Å²) >= 11 is 0. The van der Waals surface area contributed by atoms with Crippen LogP contribution < -0.4 is 10.1 Å². The number of hydrogen-bond acceptors (Lipinski definition) is 3. The van der Waals surface area contributed by atoms with E-state index in [9.17, 15) is 8.78 Å². The molecule has 1 heterocycles. The second-order valence-electron chi connectivity index (χ2n) is 5.47. The Morgan fingerprint density at radius 1 is 1.27 bits per heavy atom. The van der Waals surface area contributed by atoms with Crippen LogP contribution in [0.1, 0.15) is 41.9 Å². The van der Waals surface area contributed by atoms with Gasteiger partial charge in [-0.15, -0.1) is 0 Å². The number of rotatable bonds is 6. The minimum absolute atomic E-state index is 0.0226. The largest absolute Gasteiger partial charge is 0.497 e. The van der Waals surface area contributed by atoms with Crippen LogP contribution in [0.15, 0.2) is 36.5 Å². The van der Waals surface area contributed by atoms with Crippen molar-refractivity contribution in [3.63, 3.8) is 0 Å². The molecule has 1 fully saturated rings. The van der Waals surface area contributed by atoms with Crippen LogP contribution in [-0.4, -0.2) is 12.1 Å². The van der Waals surface area contributed by atoms with Crippen LogP contribution in [0.3, 0.4) is 0 Å². The molecule has 1 aromatic heterocycles. The maximum atomic E-state index is 12.7. The predicted molar refractivity (Wildman–Crippen MR) is 81.5 cm³/mol. The number of halogens is 2. The molecule has 22 heavy (non-hydrogen) atoms. The molecule has 0 bridgehead atoms. The number of nitrogens with one attached hydrogen (secondary N) is 1. The minimum Gasteiger partial charge on any atom is -0.497 e. The van der Waals surface area contributed by atoms with Crippen molar-refractivity contribution in [3.05, 3.63) is 53.2 Å². The number of methoxy groups -OCH3 is 1. The Morgan fingerprint density at radius 3 is 2.77 bits per heavy atom. The van der Waals surface area contributed by atoms with Crippen molar-refractivity contribution < 1.29 is 13.5 Å². The van der Waals surface area contributed by atoms with Crippen LogP contribution in [0.2, 0.25) is 0 Å². The third-order valence-electron chi connectivity index (χ3n) is 3.86. The van der Waals surface area contributed by atoms with Gasteiger partial charge in [-0.3, -0.25) is 0 Å². The van der Waals surface area contributed by atoms with Gasteiger partial charge < -0.3 is 10.1 Å². The lowest BCUT2D eigenvalue weighted by Gasteiger charge is -2.13. The van der Waals surface area contributed by atoms with Crippen LogP contribution in [-0.2, 0) is 6.54 Å². The van der Waals surface area contributed by atoms with E-state index in [1.807, 2.05) is 12.1 Å². The van der Waals surface area contributed by atoms with Gasteiger partial charge in [-0.2, -0.15) is 0 Å². The molecule has 1 aromatic carbocycles. The third kappa shape index (κ3) is 3.35. The Morgan fingerprint density at radius 2 is 2.09 bits per heavy atom. The van der Waals surface area contributed by atoms with E-state index in [0.717, 1.165) is 11.3 Å². The summed E-state index contributed by atoms with van der Waals surface area (Å²) in [5, 5.41) is 3.13. The van der Waals surface area contributed by atoms with Crippen molar-refractivity contribution in [3.8, 4) is 5.75 Å². The van der Waals surface area contributed by atoms with Crippen LogP contribution in [0.5, 0.6) is 5.75 Å². The Balaban J connectivity index is 1.76. The molecule has 1 aliphatic rings. The lowest BCUT2D eigenvalue weighted by Crippen LogP contribution is -2.05. The summed E-state index contributed by atoms with van der Waals surface area (Å²) in [5.74, 6) is 1.88. The Bertz CT molecular complexity index is 657. The van der Waals surface area contributed by atoms with Crippen molar-refractivity contribution in [2.75, 3.05) is 12.4 Å². The molecular weight excluding hydrogens is 286 g/mol. The summed E-state index contributed by atoms with van der Waals surface area (Å²) < 4.78 is 30.7. The molecule has 0 amide bonds. The SMILES string of the molecule is COc1ccc(C2CC2)c(CNc2cc(C(F)F)ccn2)c1. The first-order valence-electron chi connectivity index (χ1n) is 7.32. The normalized spacial score (nSPS) is 14.2. The van der Waals surface area contributed by atoms with E-state index in [1.165, 1.54) is 36.7 Å². The molecule has 1 aliphatic carbocycles. The fourth-order valence-electron chi connectivity index (χ4n) is 2.52. The lowest BCUT2D eigenvalue weighted by molar-refractivity contribution is 0.151. The highest BCUT2D eigenvalue weighted by atomic mass is 19.3. The maximum Gasteiger partial charge on any atom is 0.264 e. The molecule has 0 radical (unpaired) electrons. The van der Waals surface area contributed by atoms with Crippen molar-refractivity contribution in [2.45, 2.75) is 31.7 Å². The smallest absolute Gasteiger partial charge is 0.264 e. The van der Waals surface area contributed by atoms with Crippen LogP contribution in [0.25, 0.3) is 0 Å². The van der Waals surface area contributed by atoms with Gasteiger partial charge in [-0.05, 0) is 54.2 Å². The number of pyridine rings is 1. The van der Waals surface area contributed by atoms with Gasteiger partial charge in [-0.25, -0.2) is 13.8 Å². The molecular formula is C17H18F2N2O. The van der Waals surface area contributed by atoms with Gasteiger partial charge in [0.2, 0.25) is 0 Å². The van der Waals surface area contributed by atoms with Crippen molar-refractivity contribution >= 4 is 5.82 Å². The molecule has 0 aliphatic heterocycles. The van der Waals surface area contributed by atoms with E-state index >= 15 is 0 Å². The molecule has 0 unspecified atom stereocenters. The Kier molecular flexibility index (Phi) is 4.22. The predicted octanol–water partition coefficient (Wildman–Crippen LogP) is 4.52. The number of benzene rings is 1. The summed E-state index contributed by atoms with van der Waals surface area (Å²) in [6.07, 6.45) is 1.33. The van der Waals surface area contributed by atoms with Gasteiger partial charge in [0.05, 0.1) is 7.11 Å². The minimum atomic E-state index is -2.48. The molecule has 3 rings (SSSR count). The van der Waals surface area contributed by atoms with E-state index < -0.39 is 6.43 Å². The van der Waals surface area contributed by atoms with Gasteiger partial charge in [0.15, 0.2) is 0 Å². The van der Waals surface area contributed by atoms with Crippen LogP contribution in [0, 0.1) is 0 Å². The maximum absolute atomic E-state index is 12.7. The number of hydrogen-bond donors (Lipinski definition) is 1. The van der Waals surface area contributed by atoms with E-state index in [2.05, 4.69) is 16.4 Å². The molecule has 5 heteroatoms. The zero-order valence-electron chi connectivity index (χ0n) is 12.4. The number of aromatic nitrogens is 1. The molecule has 0 atom stereocenters. The lowest BCUT2D eigenvalue weighted by atomic mass is 10.0. The van der Waals surface area contributed by atoms with Crippen molar-refractivity contribution in [2.24, 2.45) is 0 Å². The van der Waals surface area contributed by atoms with Gasteiger partial charge in [0.1, 0.15) is 11.6 Å². The monoisotopic (exact) mass is 304 g/mol. The number of alkyl halides is 2. The fourth-order valence-corrected chi connectivity index (χ4v) is 2.52.